The molecular formula is C9H7ClN2O5. The number of hydrogen-bond acceptors (Lipinski definition) is 7. The van der Waals surface area contributed by atoms with Crippen molar-refractivity contribution < 1.29 is 24.0 Å². The number of methoxy groups -OCH3 is 1. The molecule has 8 heteroatoms. The van der Waals surface area contributed by atoms with Crippen LogP contribution in [0.5, 0.6) is 5.75 Å². The van der Waals surface area contributed by atoms with E-state index >= 15 is 0 Å². The van der Waals surface area contributed by atoms with Gasteiger partial charge in [0, 0.05) is 6.07 Å². The smallest absolute Gasteiger partial charge is 0.444 e. The molecule has 0 unspecified atom stereocenters. The van der Waals surface area contributed by atoms with E-state index in [4.69, 9.17) is 16.3 Å². The molecule has 0 amide bonds. The zero-order valence-electron chi connectivity index (χ0n) is 8.60. The van der Waals surface area contributed by atoms with Crippen molar-refractivity contribution in [1.82, 2.24) is 5.59 Å². The number of nitrogens with zero attached hydrogens (tertiary/aromatic N) is 1. The van der Waals surface area contributed by atoms with Gasteiger partial charge in [0.25, 0.3) is 0 Å². The first-order chi connectivity index (χ1) is 8.11. The van der Waals surface area contributed by atoms with E-state index in [-0.39, 0.29) is 10.7 Å². The van der Waals surface area contributed by atoms with Crippen LogP contribution in [0.3, 0.4) is 0 Å². The van der Waals surface area contributed by atoms with E-state index in [1.807, 2.05) is 0 Å². The summed E-state index contributed by atoms with van der Waals surface area (Å²) in [6.07, 6.45) is 0. The number of nitrogens with one attached hydrogen (secondary N) is 1. The van der Waals surface area contributed by atoms with E-state index in [1.165, 1.54) is 13.2 Å². The predicted molar refractivity (Wildman–Crippen MR) is 55.8 cm³/mol. The Morgan fingerprint density at radius 3 is 2.76 bits per heavy atom. The number of hydrazine groups is 1. The molecule has 0 aromatic heterocycles. The second kappa shape index (κ2) is 4.48. The highest BCUT2D eigenvalue weighted by Gasteiger charge is 2.30. The lowest BCUT2D eigenvalue weighted by Crippen LogP contribution is -2.49. The number of rotatable bonds is 2. The van der Waals surface area contributed by atoms with Crippen LogP contribution in [-0.4, -0.2) is 19.0 Å². The number of carbonyl (C=O) groups excluding carboxylic acids is 2. The van der Waals surface area contributed by atoms with E-state index in [1.54, 1.807) is 12.1 Å². The molecule has 0 bridgehead atoms. The Morgan fingerprint density at radius 2 is 2.12 bits per heavy atom. The van der Waals surface area contributed by atoms with Crippen molar-refractivity contribution in [2.75, 3.05) is 12.3 Å². The molecule has 7 nitrogen and oxygen atoms in total. The molecule has 0 spiro atoms. The Kier molecular flexibility index (Phi) is 3.03. The van der Waals surface area contributed by atoms with E-state index < -0.39 is 11.9 Å². The van der Waals surface area contributed by atoms with Crippen molar-refractivity contribution in [2.45, 2.75) is 0 Å². The summed E-state index contributed by atoms with van der Waals surface area (Å²) in [6, 6.07) is 4.67. The lowest BCUT2D eigenvalue weighted by atomic mass is 10.3. The van der Waals surface area contributed by atoms with Crippen LogP contribution < -0.4 is 15.5 Å². The molecule has 1 aliphatic rings. The van der Waals surface area contributed by atoms with Crippen LogP contribution in [0.15, 0.2) is 18.2 Å². The number of ether oxygens (including phenoxy) is 1. The summed E-state index contributed by atoms with van der Waals surface area (Å²) in [7, 11) is 1.47. The van der Waals surface area contributed by atoms with Crippen molar-refractivity contribution in [3.63, 3.8) is 0 Å². The molecule has 90 valence electrons. The van der Waals surface area contributed by atoms with Gasteiger partial charge in [0.1, 0.15) is 11.4 Å². The molecule has 0 aliphatic carbocycles. The maximum atomic E-state index is 11.0. The third-order valence-electron chi connectivity index (χ3n) is 1.93. The van der Waals surface area contributed by atoms with Gasteiger partial charge in [-0.15, -0.1) is 0 Å². The summed E-state index contributed by atoms with van der Waals surface area (Å²) >= 11 is 5.90. The van der Waals surface area contributed by atoms with Crippen LogP contribution in [0.25, 0.3) is 0 Å². The fraction of sp³-hybridized carbons (Fsp3) is 0.111. The average molecular weight is 259 g/mol. The zero-order chi connectivity index (χ0) is 12.4. The van der Waals surface area contributed by atoms with Crippen LogP contribution in [-0.2, 0) is 19.3 Å². The third-order valence-corrected chi connectivity index (χ3v) is 2.25. The van der Waals surface area contributed by atoms with Gasteiger partial charge in [-0.3, -0.25) is 0 Å². The maximum absolute atomic E-state index is 11.0. The molecule has 1 aromatic rings. The van der Waals surface area contributed by atoms with E-state index in [9.17, 15) is 9.59 Å². The van der Waals surface area contributed by atoms with Crippen molar-refractivity contribution in [2.24, 2.45) is 0 Å². The van der Waals surface area contributed by atoms with Crippen LogP contribution in [0, 0.1) is 0 Å². The molecule has 1 saturated heterocycles. The normalized spacial score (nSPS) is 15.3. The van der Waals surface area contributed by atoms with E-state index in [2.05, 4.69) is 15.3 Å². The van der Waals surface area contributed by atoms with Gasteiger partial charge < -0.3 is 14.4 Å². The highest BCUT2D eigenvalue weighted by molar-refractivity contribution is 6.33. The van der Waals surface area contributed by atoms with Crippen molar-refractivity contribution in [1.29, 1.82) is 0 Å². The summed E-state index contributed by atoms with van der Waals surface area (Å²) in [4.78, 5) is 30.7. The lowest BCUT2D eigenvalue weighted by molar-refractivity contribution is -0.192. The molecule has 17 heavy (non-hydrogen) atoms. The third kappa shape index (κ3) is 2.24. The Balaban J connectivity index is 2.27. The first kappa shape index (κ1) is 11.5. The van der Waals surface area contributed by atoms with Crippen LogP contribution in [0.4, 0.5) is 5.69 Å². The average Bonchev–Trinajstić information content (AvgIpc) is 2.33. The van der Waals surface area contributed by atoms with Gasteiger partial charge in [-0.25, -0.2) is 9.59 Å². The molecule has 1 aliphatic heterocycles. The monoisotopic (exact) mass is 258 g/mol. The van der Waals surface area contributed by atoms with Gasteiger partial charge in [0.05, 0.1) is 12.1 Å². The minimum absolute atomic E-state index is 0.270. The molecule has 0 radical (unpaired) electrons. The summed E-state index contributed by atoms with van der Waals surface area (Å²) in [5, 5.41) is 1.11. The Labute approximate surface area is 101 Å². The van der Waals surface area contributed by atoms with E-state index in [0.717, 1.165) is 5.17 Å². The van der Waals surface area contributed by atoms with Gasteiger partial charge in [0.2, 0.25) is 0 Å². The number of carbonyl (C=O) groups is 2. The number of halogens is 1. The minimum Gasteiger partial charge on any atom is -0.497 e. The topological polar surface area (TPSA) is 77.1 Å². The molecule has 0 saturated carbocycles. The Hall–Kier alpha value is -1.99. The summed E-state index contributed by atoms with van der Waals surface area (Å²) in [5.41, 5.74) is 2.38. The highest BCUT2D eigenvalue weighted by atomic mass is 35.5. The second-order valence-electron chi connectivity index (χ2n) is 2.97. The van der Waals surface area contributed by atoms with Crippen molar-refractivity contribution >= 4 is 29.2 Å². The molecular weight excluding hydrogens is 252 g/mol. The quantitative estimate of drug-likeness (QED) is 0.778. The van der Waals surface area contributed by atoms with Crippen LogP contribution in [0.1, 0.15) is 0 Å². The molecule has 1 N–H and O–H groups in total. The molecule has 1 heterocycles. The van der Waals surface area contributed by atoms with Crippen LogP contribution in [0.2, 0.25) is 5.02 Å². The molecule has 1 fully saturated rings. The zero-order valence-corrected chi connectivity index (χ0v) is 9.35. The van der Waals surface area contributed by atoms with Crippen molar-refractivity contribution in [3.8, 4) is 5.75 Å². The second-order valence-corrected chi connectivity index (χ2v) is 3.38. The van der Waals surface area contributed by atoms with Gasteiger partial charge in [0.15, 0.2) is 0 Å². The predicted octanol–water partition coefficient (Wildman–Crippen LogP) is 0.590. The highest BCUT2D eigenvalue weighted by Crippen LogP contribution is 2.30. The first-order valence-corrected chi connectivity index (χ1v) is 4.82. The Bertz CT molecular complexity index is 478. The van der Waals surface area contributed by atoms with Crippen molar-refractivity contribution in [3.05, 3.63) is 23.2 Å². The Morgan fingerprint density at radius 1 is 1.35 bits per heavy atom. The summed E-state index contributed by atoms with van der Waals surface area (Å²) in [6.45, 7) is 0. The number of hydrogen-bond donors (Lipinski definition) is 1. The molecule has 1 aromatic carbocycles. The van der Waals surface area contributed by atoms with E-state index in [0.29, 0.717) is 5.75 Å². The summed E-state index contributed by atoms with van der Waals surface area (Å²) in [5.74, 6) is -1.79. The SMILES string of the molecule is COc1ccc(Cl)c(N2NOC(=O)C(=O)O2)c1. The standard InChI is InChI=1S/C9H7ClN2O5/c1-15-5-2-3-6(10)7(4-5)12-11-16-8(13)9(14)17-12/h2-4,11H,1H3. The number of anilines is 1. The first-order valence-electron chi connectivity index (χ1n) is 4.44. The van der Waals surface area contributed by atoms with Crippen LogP contribution >= 0.6 is 11.6 Å². The van der Waals surface area contributed by atoms with Gasteiger partial charge >= 0.3 is 11.9 Å². The minimum atomic E-state index is -1.15. The van der Waals surface area contributed by atoms with Gasteiger partial charge in [-0.1, -0.05) is 16.8 Å². The largest absolute Gasteiger partial charge is 0.497 e. The fourth-order valence-corrected chi connectivity index (χ4v) is 1.33. The fourth-order valence-electron chi connectivity index (χ4n) is 1.14. The van der Waals surface area contributed by atoms with Gasteiger partial charge in [-0.2, -0.15) is 0 Å². The van der Waals surface area contributed by atoms with Gasteiger partial charge in [-0.05, 0) is 17.7 Å². The number of benzene rings is 1. The summed E-state index contributed by atoms with van der Waals surface area (Å²) < 4.78 is 4.99. The molecule has 2 rings (SSSR count). The maximum Gasteiger partial charge on any atom is 0.444 e. The lowest BCUT2D eigenvalue weighted by Gasteiger charge is -2.26. The molecule has 0 atom stereocenters.